The van der Waals surface area contributed by atoms with Gasteiger partial charge in [0.05, 0.1) is 24.7 Å². The van der Waals surface area contributed by atoms with Crippen molar-refractivity contribution >= 4 is 34.6 Å². The van der Waals surface area contributed by atoms with Crippen LogP contribution in [0, 0.1) is 11.2 Å². The number of anilines is 1. The number of rotatable bonds is 10. The summed E-state index contributed by atoms with van der Waals surface area (Å²) in [6.07, 6.45) is 7.03. The zero-order chi connectivity index (χ0) is 31.1. The highest BCUT2D eigenvalue weighted by atomic mass is 19.1. The Bertz CT molecular complexity index is 1560. The molecule has 0 aliphatic carbocycles. The summed E-state index contributed by atoms with van der Waals surface area (Å²) in [5.74, 6) is -0.593. The highest BCUT2D eigenvalue weighted by Gasteiger charge is 2.23. The second-order valence-electron chi connectivity index (χ2n) is 11.9. The maximum Gasteiger partial charge on any atom is 0.407 e. The number of methoxy groups -OCH3 is 1. The molecule has 3 heterocycles. The molecule has 11 nitrogen and oxygen atoms in total. The molecule has 1 saturated heterocycles. The van der Waals surface area contributed by atoms with Gasteiger partial charge in [0, 0.05) is 19.3 Å². The summed E-state index contributed by atoms with van der Waals surface area (Å²) < 4.78 is 20.4. The Labute approximate surface area is 249 Å². The van der Waals surface area contributed by atoms with Crippen LogP contribution in [0.1, 0.15) is 57.8 Å². The highest BCUT2D eigenvalue weighted by molar-refractivity contribution is 5.96. The molecule has 0 spiro atoms. The number of hydrogen-bond donors (Lipinski definition) is 3. The third-order valence-electron chi connectivity index (χ3n) is 7.09. The number of halogens is 1. The first kappa shape index (κ1) is 31.5. The van der Waals surface area contributed by atoms with Crippen molar-refractivity contribution in [2.24, 2.45) is 5.41 Å². The summed E-state index contributed by atoms with van der Waals surface area (Å²) in [4.78, 5) is 60.1. The molecule has 1 aliphatic rings. The second kappa shape index (κ2) is 13.7. The van der Waals surface area contributed by atoms with Gasteiger partial charge in [-0.3, -0.25) is 14.4 Å². The lowest BCUT2D eigenvalue weighted by Crippen LogP contribution is -2.44. The van der Waals surface area contributed by atoms with E-state index in [1.54, 1.807) is 23.2 Å². The zero-order valence-corrected chi connectivity index (χ0v) is 25.0. The number of carbonyl (C=O) groups excluding carboxylic acids is 3. The van der Waals surface area contributed by atoms with Crippen LogP contribution in [0.2, 0.25) is 0 Å². The van der Waals surface area contributed by atoms with E-state index < -0.39 is 23.6 Å². The molecule has 43 heavy (non-hydrogen) atoms. The number of likely N-dealkylation sites (tertiary alicyclic amines) is 1. The monoisotopic (exact) mass is 594 g/mol. The topological polar surface area (TPSA) is 138 Å². The van der Waals surface area contributed by atoms with Gasteiger partial charge < -0.3 is 29.8 Å². The lowest BCUT2D eigenvalue weighted by molar-refractivity contribution is -0.125. The summed E-state index contributed by atoms with van der Waals surface area (Å²) >= 11 is 0. The van der Waals surface area contributed by atoms with Crippen molar-refractivity contribution in [3.05, 3.63) is 70.2 Å². The molecule has 0 saturated carbocycles. The molecule has 1 unspecified atom stereocenters. The Kier molecular flexibility index (Phi) is 9.99. The van der Waals surface area contributed by atoms with E-state index in [-0.39, 0.29) is 35.8 Å². The van der Waals surface area contributed by atoms with Gasteiger partial charge in [0.1, 0.15) is 23.4 Å². The highest BCUT2D eigenvalue weighted by Crippen LogP contribution is 2.27. The minimum absolute atomic E-state index is 0.0134. The number of ether oxygens (including phenoxy) is 1. The van der Waals surface area contributed by atoms with Gasteiger partial charge in [-0.15, -0.1) is 0 Å². The summed E-state index contributed by atoms with van der Waals surface area (Å²) in [7, 11) is 1.19. The number of pyridine rings is 1. The van der Waals surface area contributed by atoms with Crippen LogP contribution < -0.4 is 16.2 Å². The third-order valence-corrected chi connectivity index (χ3v) is 7.09. The number of alkyl carbamates (subject to hydrolysis) is 1. The van der Waals surface area contributed by atoms with Crippen molar-refractivity contribution < 1.29 is 23.5 Å². The largest absolute Gasteiger partial charge is 0.453 e. The smallest absolute Gasteiger partial charge is 0.407 e. The van der Waals surface area contributed by atoms with E-state index in [1.807, 2.05) is 0 Å². The fraction of sp³-hybridized carbons (Fsp3) is 0.452. The lowest BCUT2D eigenvalue weighted by atomic mass is 9.87. The normalized spacial score (nSPS) is 14.3. The SMILES string of the molecule is COC(=O)NC(CC/C=C/C(=O)N1CCCC1)C(=O)Nc1cccn(Cc2nc3c(CC(C)(C)C)cc(F)cc3[nH]2)c1=O. The Morgan fingerprint density at radius 2 is 1.95 bits per heavy atom. The van der Waals surface area contributed by atoms with E-state index in [0.717, 1.165) is 31.5 Å². The van der Waals surface area contributed by atoms with E-state index in [0.29, 0.717) is 29.7 Å². The summed E-state index contributed by atoms with van der Waals surface area (Å²) in [5.41, 5.74) is 1.42. The zero-order valence-electron chi connectivity index (χ0n) is 25.0. The van der Waals surface area contributed by atoms with Crippen molar-refractivity contribution in [3.63, 3.8) is 0 Å². The Morgan fingerprint density at radius 3 is 2.65 bits per heavy atom. The number of benzene rings is 1. The van der Waals surface area contributed by atoms with Crippen LogP contribution in [0.3, 0.4) is 0 Å². The third kappa shape index (κ3) is 8.52. The van der Waals surface area contributed by atoms with Gasteiger partial charge in [-0.05, 0) is 73.4 Å². The predicted molar refractivity (Wildman–Crippen MR) is 161 cm³/mol. The summed E-state index contributed by atoms with van der Waals surface area (Å²) in [6, 6.07) is 4.93. The molecule has 1 aliphatic heterocycles. The first-order valence-electron chi connectivity index (χ1n) is 14.4. The number of aromatic nitrogens is 3. The van der Waals surface area contributed by atoms with E-state index in [9.17, 15) is 23.6 Å². The average Bonchev–Trinajstić information content (AvgIpc) is 3.62. The quantitative estimate of drug-likeness (QED) is 0.302. The Hall–Kier alpha value is -4.48. The van der Waals surface area contributed by atoms with Crippen LogP contribution in [0.5, 0.6) is 0 Å². The van der Waals surface area contributed by atoms with Gasteiger partial charge >= 0.3 is 6.09 Å². The number of nitrogens with zero attached hydrogens (tertiary/aromatic N) is 3. The van der Waals surface area contributed by atoms with Crippen molar-refractivity contribution in [3.8, 4) is 0 Å². The number of imidazole rings is 1. The predicted octanol–water partition coefficient (Wildman–Crippen LogP) is 4.12. The molecule has 230 valence electrons. The molecule has 3 amide bonds. The van der Waals surface area contributed by atoms with Gasteiger partial charge in [-0.1, -0.05) is 26.8 Å². The number of fused-ring (bicyclic) bond motifs is 1. The summed E-state index contributed by atoms with van der Waals surface area (Å²) in [5, 5.41) is 5.09. The molecular formula is C31H39FN6O5. The molecule has 3 aromatic rings. The number of allylic oxidation sites excluding steroid dienone is 1. The van der Waals surface area contributed by atoms with Crippen LogP contribution >= 0.6 is 0 Å². The maximum atomic E-state index is 14.3. The first-order valence-corrected chi connectivity index (χ1v) is 14.4. The number of H-pyrrole nitrogens is 1. The number of carbonyl (C=O) groups is 3. The van der Waals surface area contributed by atoms with Gasteiger partial charge in [0.15, 0.2) is 0 Å². The number of hydrogen-bond acceptors (Lipinski definition) is 6. The van der Waals surface area contributed by atoms with Crippen LogP contribution in [-0.4, -0.2) is 63.6 Å². The van der Waals surface area contributed by atoms with E-state index in [4.69, 9.17) is 0 Å². The van der Waals surface area contributed by atoms with Crippen LogP contribution in [0.15, 0.2) is 47.4 Å². The summed E-state index contributed by atoms with van der Waals surface area (Å²) in [6.45, 7) is 7.73. The molecule has 1 fully saturated rings. The molecule has 0 radical (unpaired) electrons. The molecule has 4 rings (SSSR count). The van der Waals surface area contributed by atoms with Crippen LogP contribution in [0.25, 0.3) is 11.0 Å². The Balaban J connectivity index is 1.47. The second-order valence-corrected chi connectivity index (χ2v) is 11.9. The molecule has 2 aromatic heterocycles. The maximum absolute atomic E-state index is 14.3. The molecular weight excluding hydrogens is 555 g/mol. The molecule has 0 bridgehead atoms. The van der Waals surface area contributed by atoms with Crippen molar-refractivity contribution in [1.82, 2.24) is 24.8 Å². The Morgan fingerprint density at radius 1 is 1.21 bits per heavy atom. The fourth-order valence-corrected chi connectivity index (χ4v) is 5.08. The standard InChI is InChI=1S/C31H39FN6O5/c1-31(2,3)18-20-16-21(32)17-24-27(20)36-25(33-24)19-38-15-9-11-23(29(38)41)34-28(40)22(35-30(42)43-4)10-5-6-12-26(39)37-13-7-8-14-37/h6,9,11-12,15-17,22H,5,7-8,10,13-14,18-19H2,1-4H3,(H,33,36)(H,34,40)(H,35,42)/b12-6+. The van der Waals surface area contributed by atoms with Gasteiger partial charge in [-0.25, -0.2) is 14.2 Å². The first-order chi connectivity index (χ1) is 20.4. The van der Waals surface area contributed by atoms with Crippen molar-refractivity contribution in [2.75, 3.05) is 25.5 Å². The molecule has 1 aromatic carbocycles. The number of aromatic amines is 1. The van der Waals surface area contributed by atoms with Gasteiger partial charge in [0.2, 0.25) is 11.8 Å². The minimum atomic E-state index is -1.02. The average molecular weight is 595 g/mol. The minimum Gasteiger partial charge on any atom is -0.453 e. The van der Waals surface area contributed by atoms with Crippen molar-refractivity contribution in [1.29, 1.82) is 0 Å². The van der Waals surface area contributed by atoms with E-state index >= 15 is 0 Å². The molecule has 3 N–H and O–H groups in total. The van der Waals surface area contributed by atoms with Crippen molar-refractivity contribution in [2.45, 2.75) is 65.5 Å². The number of amides is 3. The van der Waals surface area contributed by atoms with Crippen LogP contribution in [-0.2, 0) is 27.3 Å². The lowest BCUT2D eigenvalue weighted by Gasteiger charge is -2.18. The molecule has 12 heteroatoms. The van der Waals surface area contributed by atoms with Crippen LogP contribution in [0.4, 0.5) is 14.9 Å². The number of nitrogens with one attached hydrogen (secondary N) is 3. The van der Waals surface area contributed by atoms with Gasteiger partial charge in [-0.2, -0.15) is 0 Å². The van der Waals surface area contributed by atoms with E-state index in [1.165, 1.54) is 36.0 Å². The fourth-order valence-electron chi connectivity index (χ4n) is 5.08. The molecule has 1 atom stereocenters. The van der Waals surface area contributed by atoms with Gasteiger partial charge in [0.25, 0.3) is 5.56 Å². The van der Waals surface area contributed by atoms with E-state index in [2.05, 4.69) is 46.1 Å².